The summed E-state index contributed by atoms with van der Waals surface area (Å²) in [6.07, 6.45) is 0. The van der Waals surface area contributed by atoms with Crippen molar-refractivity contribution in [1.29, 1.82) is 0 Å². The van der Waals surface area contributed by atoms with Crippen LogP contribution in [0.15, 0.2) is 30.3 Å². The van der Waals surface area contributed by atoms with E-state index < -0.39 is 0 Å². The molecule has 1 nitrogen and oxygen atoms in total. The molecule has 2 heteroatoms. The molecule has 0 unspecified atom stereocenters. The minimum atomic E-state index is 0.0376. The van der Waals surface area contributed by atoms with Crippen molar-refractivity contribution in [2.45, 2.75) is 0 Å². The predicted molar refractivity (Wildman–Crippen MR) is 36.5 cm³/mol. The van der Waals surface area contributed by atoms with Crippen LogP contribution in [-0.4, -0.2) is 20.9 Å². The van der Waals surface area contributed by atoms with Crippen LogP contribution in [0, 0.1) is 0 Å². The molecular formula is C7H5AlO+2. The van der Waals surface area contributed by atoms with Crippen LogP contribution < -0.4 is 0 Å². The monoisotopic (exact) mass is 132 g/mol. The van der Waals surface area contributed by atoms with E-state index in [0.717, 1.165) is 5.56 Å². The van der Waals surface area contributed by atoms with Crippen LogP contribution >= 0.6 is 0 Å². The Morgan fingerprint density at radius 2 is 1.78 bits per heavy atom. The van der Waals surface area contributed by atoms with Crippen LogP contribution in [0.5, 0.6) is 0 Å². The first-order chi connectivity index (χ1) is 4.30. The molecule has 0 atom stereocenters. The standard InChI is InChI=1S/C7H5O.Al/c8-6-7-4-2-1-3-5-7;/h1-5H;/q;+2. The number of hydrogen-bond acceptors (Lipinski definition) is 1. The van der Waals surface area contributed by atoms with Crippen LogP contribution in [0.3, 0.4) is 0 Å². The maximum atomic E-state index is 10.6. The minimum absolute atomic E-state index is 0.0376. The molecule has 0 aromatic heterocycles. The van der Waals surface area contributed by atoms with E-state index in [0.29, 0.717) is 0 Å². The van der Waals surface area contributed by atoms with Crippen LogP contribution in [-0.2, 0) is 0 Å². The first-order valence-corrected chi connectivity index (χ1v) is 3.23. The van der Waals surface area contributed by atoms with E-state index >= 15 is 0 Å². The van der Waals surface area contributed by atoms with Gasteiger partial charge < -0.3 is 0 Å². The predicted octanol–water partition coefficient (Wildman–Crippen LogP) is 0.995. The van der Waals surface area contributed by atoms with Gasteiger partial charge in [-0.25, -0.2) is 0 Å². The molecule has 0 fully saturated rings. The fraction of sp³-hybridized carbons (Fsp3) is 0. The van der Waals surface area contributed by atoms with E-state index in [2.05, 4.69) is 16.3 Å². The van der Waals surface area contributed by atoms with Crippen molar-refractivity contribution in [3.63, 3.8) is 0 Å². The van der Waals surface area contributed by atoms with Crippen LogP contribution in [0.2, 0.25) is 0 Å². The van der Waals surface area contributed by atoms with Crippen molar-refractivity contribution in [3.8, 4) is 0 Å². The zero-order chi connectivity index (χ0) is 6.69. The zero-order valence-electron chi connectivity index (χ0n) is 4.87. The Hall–Kier alpha value is -0.578. The van der Waals surface area contributed by atoms with Crippen LogP contribution in [0.25, 0.3) is 0 Å². The summed E-state index contributed by atoms with van der Waals surface area (Å²) in [4.78, 5) is 10.6. The summed E-state index contributed by atoms with van der Waals surface area (Å²) in [6, 6.07) is 9.15. The molecule has 0 amide bonds. The van der Waals surface area contributed by atoms with E-state index in [1.165, 1.54) is 0 Å². The molecule has 0 heterocycles. The van der Waals surface area contributed by atoms with E-state index in [-0.39, 0.29) is 4.65 Å². The topological polar surface area (TPSA) is 17.1 Å². The molecule has 0 aliphatic rings. The van der Waals surface area contributed by atoms with Crippen molar-refractivity contribution in [2.75, 3.05) is 0 Å². The molecule has 40 valence electrons. The van der Waals surface area contributed by atoms with Gasteiger partial charge in [0.1, 0.15) is 0 Å². The molecule has 0 saturated carbocycles. The van der Waals surface area contributed by atoms with E-state index in [1.807, 2.05) is 18.2 Å². The van der Waals surface area contributed by atoms with E-state index in [1.54, 1.807) is 12.1 Å². The zero-order valence-corrected chi connectivity index (χ0v) is 6.03. The normalized spacial score (nSPS) is 9.11. The summed E-state index contributed by atoms with van der Waals surface area (Å²) in [5.41, 5.74) is 0.738. The van der Waals surface area contributed by atoms with Gasteiger partial charge in [-0.05, 0) is 0 Å². The van der Waals surface area contributed by atoms with Crippen molar-refractivity contribution in [3.05, 3.63) is 35.9 Å². The summed E-state index contributed by atoms with van der Waals surface area (Å²) in [5.74, 6) is 0. The molecule has 1 aromatic rings. The summed E-state index contributed by atoms with van der Waals surface area (Å²) in [6.45, 7) is 0. The third-order valence-corrected chi connectivity index (χ3v) is 1.39. The van der Waals surface area contributed by atoms with Gasteiger partial charge in [0.2, 0.25) is 0 Å². The van der Waals surface area contributed by atoms with Crippen LogP contribution in [0.1, 0.15) is 10.4 Å². The number of carbonyl (C=O) groups excluding carboxylic acids is 1. The van der Waals surface area contributed by atoms with Gasteiger partial charge in [-0.15, -0.1) is 0 Å². The Labute approximate surface area is 62.1 Å². The summed E-state index contributed by atoms with van der Waals surface area (Å²) in [5, 5.41) is 0. The third kappa shape index (κ3) is 1.67. The molecule has 0 radical (unpaired) electrons. The van der Waals surface area contributed by atoms with Gasteiger partial charge in [-0.2, -0.15) is 0 Å². The van der Waals surface area contributed by atoms with Gasteiger partial charge in [0, 0.05) is 0 Å². The maximum absolute atomic E-state index is 10.6. The Morgan fingerprint density at radius 1 is 1.22 bits per heavy atom. The Morgan fingerprint density at radius 3 is 2.11 bits per heavy atom. The Kier molecular flexibility index (Phi) is 2.05. The first kappa shape index (κ1) is 6.54. The van der Waals surface area contributed by atoms with Crippen molar-refractivity contribution < 1.29 is 4.79 Å². The molecule has 0 N–H and O–H groups in total. The average Bonchev–Trinajstić information content (AvgIpc) is 1.90. The molecule has 1 aromatic carbocycles. The Bertz CT molecular complexity index is 205. The van der Waals surface area contributed by atoms with E-state index in [4.69, 9.17) is 0 Å². The third-order valence-electron chi connectivity index (χ3n) is 1.06. The second kappa shape index (κ2) is 2.82. The molecule has 0 saturated heterocycles. The second-order valence-electron chi connectivity index (χ2n) is 1.73. The molecule has 9 heavy (non-hydrogen) atoms. The molecule has 0 aliphatic carbocycles. The number of carbonyl (C=O) groups is 1. The molecule has 0 spiro atoms. The van der Waals surface area contributed by atoms with Gasteiger partial charge in [0.25, 0.3) is 0 Å². The summed E-state index contributed by atoms with van der Waals surface area (Å²) >= 11 is 2.13. The number of benzene rings is 1. The number of hydrogen-bond donors (Lipinski definition) is 0. The summed E-state index contributed by atoms with van der Waals surface area (Å²) in [7, 11) is 0. The fourth-order valence-electron chi connectivity index (χ4n) is 0.602. The van der Waals surface area contributed by atoms with Gasteiger partial charge in [0.05, 0.1) is 0 Å². The fourth-order valence-corrected chi connectivity index (χ4v) is 0.795. The number of rotatable bonds is 1. The van der Waals surface area contributed by atoms with Crippen molar-refractivity contribution in [1.82, 2.24) is 0 Å². The van der Waals surface area contributed by atoms with Crippen molar-refractivity contribution >= 4 is 20.9 Å². The molecule has 1 rings (SSSR count). The second-order valence-corrected chi connectivity index (χ2v) is 2.25. The van der Waals surface area contributed by atoms with Gasteiger partial charge in [-0.1, -0.05) is 0 Å². The molecular weight excluding hydrogens is 127 g/mol. The Balaban J connectivity index is 2.98. The summed E-state index contributed by atoms with van der Waals surface area (Å²) < 4.78 is 0.0376. The van der Waals surface area contributed by atoms with Gasteiger partial charge >= 0.3 is 61.6 Å². The van der Waals surface area contributed by atoms with Gasteiger partial charge in [-0.3, -0.25) is 0 Å². The first-order valence-electron chi connectivity index (χ1n) is 2.65. The van der Waals surface area contributed by atoms with Crippen molar-refractivity contribution in [2.24, 2.45) is 0 Å². The van der Waals surface area contributed by atoms with E-state index in [9.17, 15) is 4.79 Å². The average molecular weight is 132 g/mol. The van der Waals surface area contributed by atoms with Gasteiger partial charge in [0.15, 0.2) is 0 Å². The SMILES string of the molecule is O=[C]([Al+2])c1ccccc1. The quantitative estimate of drug-likeness (QED) is 0.521. The molecule has 0 bridgehead atoms. The molecule has 0 aliphatic heterocycles. The van der Waals surface area contributed by atoms with Crippen LogP contribution in [0.4, 0.5) is 0 Å².